The van der Waals surface area contributed by atoms with Crippen LogP contribution >= 0.6 is 0 Å². The maximum atomic E-state index is 5.85. The van der Waals surface area contributed by atoms with Gasteiger partial charge < -0.3 is 10.1 Å². The number of hydrogen-bond acceptors (Lipinski definition) is 3. The highest BCUT2D eigenvalue weighted by atomic mass is 16.5. The Hall–Kier alpha value is -1.06. The molecule has 0 spiro atoms. The number of rotatable bonds is 3. The molecule has 0 aromatic heterocycles. The summed E-state index contributed by atoms with van der Waals surface area (Å²) in [5, 5.41) is 3.53. The third-order valence-electron chi connectivity index (χ3n) is 4.67. The molecule has 0 radical (unpaired) electrons. The van der Waals surface area contributed by atoms with Crippen LogP contribution in [0.5, 0.6) is 5.75 Å². The van der Waals surface area contributed by atoms with E-state index in [1.165, 1.54) is 38.0 Å². The van der Waals surface area contributed by atoms with Crippen molar-refractivity contribution in [3.8, 4) is 5.75 Å². The molecule has 1 N–H and O–H groups in total. The number of benzene rings is 1. The van der Waals surface area contributed by atoms with Crippen molar-refractivity contribution in [2.24, 2.45) is 5.41 Å². The van der Waals surface area contributed by atoms with Crippen LogP contribution in [0, 0.1) is 5.41 Å². The SMILES string of the molecule is CCC1(CN2CCOc3ccccc3C2)CCNC1. The first-order valence-electron chi connectivity index (χ1n) is 7.45. The van der Waals surface area contributed by atoms with E-state index < -0.39 is 0 Å². The molecule has 1 atom stereocenters. The second-order valence-corrected chi connectivity index (χ2v) is 5.95. The lowest BCUT2D eigenvalue weighted by Gasteiger charge is -2.33. The number of fused-ring (bicyclic) bond motifs is 1. The van der Waals surface area contributed by atoms with E-state index in [0.717, 1.165) is 25.4 Å². The van der Waals surface area contributed by atoms with Crippen LogP contribution in [0.4, 0.5) is 0 Å². The van der Waals surface area contributed by atoms with Crippen LogP contribution in [0.1, 0.15) is 25.3 Å². The Balaban J connectivity index is 1.72. The molecule has 2 heterocycles. The number of para-hydroxylation sites is 1. The van der Waals surface area contributed by atoms with Gasteiger partial charge in [-0.2, -0.15) is 0 Å². The maximum Gasteiger partial charge on any atom is 0.123 e. The van der Waals surface area contributed by atoms with Gasteiger partial charge >= 0.3 is 0 Å². The predicted molar refractivity (Wildman–Crippen MR) is 77.4 cm³/mol. The van der Waals surface area contributed by atoms with E-state index in [2.05, 4.69) is 41.4 Å². The average Bonchev–Trinajstić information content (AvgIpc) is 2.80. The quantitative estimate of drug-likeness (QED) is 0.902. The van der Waals surface area contributed by atoms with Gasteiger partial charge in [-0.05, 0) is 30.9 Å². The van der Waals surface area contributed by atoms with Crippen molar-refractivity contribution in [3.05, 3.63) is 29.8 Å². The van der Waals surface area contributed by atoms with E-state index >= 15 is 0 Å². The highest BCUT2D eigenvalue weighted by Gasteiger charge is 2.34. The van der Waals surface area contributed by atoms with Gasteiger partial charge in [0.25, 0.3) is 0 Å². The number of nitrogens with one attached hydrogen (secondary N) is 1. The molecule has 1 aromatic carbocycles. The Kier molecular flexibility index (Phi) is 3.76. The van der Waals surface area contributed by atoms with E-state index in [1.54, 1.807) is 0 Å². The first-order valence-corrected chi connectivity index (χ1v) is 7.45. The van der Waals surface area contributed by atoms with E-state index in [9.17, 15) is 0 Å². The molecule has 3 nitrogen and oxygen atoms in total. The van der Waals surface area contributed by atoms with Gasteiger partial charge in [0.15, 0.2) is 0 Å². The summed E-state index contributed by atoms with van der Waals surface area (Å²) in [6.45, 7) is 8.74. The van der Waals surface area contributed by atoms with Gasteiger partial charge in [-0.1, -0.05) is 25.1 Å². The van der Waals surface area contributed by atoms with Gasteiger partial charge in [0, 0.05) is 31.7 Å². The van der Waals surface area contributed by atoms with Crippen LogP contribution < -0.4 is 10.1 Å². The van der Waals surface area contributed by atoms with E-state index in [-0.39, 0.29) is 0 Å². The van der Waals surface area contributed by atoms with Gasteiger partial charge in [0.05, 0.1) is 0 Å². The third-order valence-corrected chi connectivity index (χ3v) is 4.67. The number of nitrogens with zero attached hydrogens (tertiary/aromatic N) is 1. The summed E-state index contributed by atoms with van der Waals surface area (Å²) in [5.74, 6) is 1.07. The second kappa shape index (κ2) is 5.51. The molecular weight excluding hydrogens is 236 g/mol. The molecule has 0 bridgehead atoms. The van der Waals surface area contributed by atoms with Crippen LogP contribution in [0.2, 0.25) is 0 Å². The molecule has 0 amide bonds. The van der Waals surface area contributed by atoms with Gasteiger partial charge in [0.2, 0.25) is 0 Å². The fourth-order valence-corrected chi connectivity index (χ4v) is 3.33. The van der Waals surface area contributed by atoms with Crippen molar-refractivity contribution in [1.82, 2.24) is 10.2 Å². The predicted octanol–water partition coefficient (Wildman–Crippen LogP) is 2.27. The fourth-order valence-electron chi connectivity index (χ4n) is 3.33. The molecule has 0 aliphatic carbocycles. The Morgan fingerprint density at radius 3 is 3.05 bits per heavy atom. The van der Waals surface area contributed by atoms with E-state index in [4.69, 9.17) is 4.74 Å². The van der Waals surface area contributed by atoms with Crippen molar-refractivity contribution in [2.75, 3.05) is 32.8 Å². The average molecular weight is 260 g/mol. The summed E-state index contributed by atoms with van der Waals surface area (Å²) in [6, 6.07) is 8.45. The summed E-state index contributed by atoms with van der Waals surface area (Å²) >= 11 is 0. The van der Waals surface area contributed by atoms with Gasteiger partial charge in [-0.25, -0.2) is 0 Å². The monoisotopic (exact) mass is 260 g/mol. The zero-order chi connectivity index (χ0) is 13.1. The summed E-state index contributed by atoms with van der Waals surface area (Å²) in [6.07, 6.45) is 2.57. The Labute approximate surface area is 115 Å². The fraction of sp³-hybridized carbons (Fsp3) is 0.625. The first kappa shape index (κ1) is 12.9. The van der Waals surface area contributed by atoms with E-state index in [1.807, 2.05) is 0 Å². The molecule has 1 unspecified atom stereocenters. The third kappa shape index (κ3) is 2.77. The van der Waals surface area contributed by atoms with Crippen molar-refractivity contribution in [2.45, 2.75) is 26.3 Å². The van der Waals surface area contributed by atoms with Crippen LogP contribution in [-0.2, 0) is 6.54 Å². The smallest absolute Gasteiger partial charge is 0.123 e. The van der Waals surface area contributed by atoms with Crippen molar-refractivity contribution in [1.29, 1.82) is 0 Å². The van der Waals surface area contributed by atoms with Crippen molar-refractivity contribution < 1.29 is 4.74 Å². The normalized spacial score (nSPS) is 27.6. The summed E-state index contributed by atoms with van der Waals surface area (Å²) < 4.78 is 5.85. The minimum atomic E-state index is 0.472. The lowest BCUT2D eigenvalue weighted by atomic mass is 9.83. The molecule has 3 rings (SSSR count). The zero-order valence-corrected chi connectivity index (χ0v) is 11.8. The van der Waals surface area contributed by atoms with Crippen molar-refractivity contribution in [3.63, 3.8) is 0 Å². The molecule has 0 saturated carbocycles. The molecule has 19 heavy (non-hydrogen) atoms. The zero-order valence-electron chi connectivity index (χ0n) is 11.8. The van der Waals surface area contributed by atoms with Crippen LogP contribution in [-0.4, -0.2) is 37.7 Å². The largest absolute Gasteiger partial charge is 0.492 e. The molecule has 1 aromatic rings. The van der Waals surface area contributed by atoms with E-state index in [0.29, 0.717) is 5.41 Å². The highest BCUT2D eigenvalue weighted by molar-refractivity contribution is 5.33. The molecular formula is C16H24N2O. The number of ether oxygens (including phenoxy) is 1. The topological polar surface area (TPSA) is 24.5 Å². The molecule has 2 aliphatic rings. The molecule has 1 saturated heterocycles. The Morgan fingerprint density at radius 1 is 1.37 bits per heavy atom. The maximum absolute atomic E-state index is 5.85. The summed E-state index contributed by atoms with van der Waals surface area (Å²) in [5.41, 5.74) is 1.80. The van der Waals surface area contributed by atoms with Crippen LogP contribution in [0.15, 0.2) is 24.3 Å². The molecule has 1 fully saturated rings. The molecule has 104 valence electrons. The minimum absolute atomic E-state index is 0.472. The molecule has 3 heteroatoms. The number of hydrogen-bond donors (Lipinski definition) is 1. The lowest BCUT2D eigenvalue weighted by Crippen LogP contribution is -2.39. The van der Waals surface area contributed by atoms with Crippen molar-refractivity contribution >= 4 is 0 Å². The minimum Gasteiger partial charge on any atom is -0.492 e. The van der Waals surface area contributed by atoms with Gasteiger partial charge in [-0.15, -0.1) is 0 Å². The standard InChI is InChI=1S/C16H24N2O/c1-2-16(7-8-17-12-16)13-18-9-10-19-15-6-4-3-5-14(15)11-18/h3-6,17H,2,7-13H2,1H3. The van der Waals surface area contributed by atoms with Gasteiger partial charge in [-0.3, -0.25) is 4.90 Å². The summed E-state index contributed by atoms with van der Waals surface area (Å²) in [7, 11) is 0. The molecule has 2 aliphatic heterocycles. The van der Waals surface area contributed by atoms with Crippen LogP contribution in [0.3, 0.4) is 0 Å². The van der Waals surface area contributed by atoms with Gasteiger partial charge in [0.1, 0.15) is 12.4 Å². The van der Waals surface area contributed by atoms with Crippen LogP contribution in [0.25, 0.3) is 0 Å². The lowest BCUT2D eigenvalue weighted by molar-refractivity contribution is 0.142. The first-order chi connectivity index (χ1) is 9.31. The Bertz CT molecular complexity index is 427. The highest BCUT2D eigenvalue weighted by Crippen LogP contribution is 2.32. The Morgan fingerprint density at radius 2 is 2.26 bits per heavy atom. The second-order valence-electron chi connectivity index (χ2n) is 5.95. The summed E-state index contributed by atoms with van der Waals surface area (Å²) in [4.78, 5) is 2.57.